The SMILES string of the molecule is CC(CO)NS(=O)(=O)c1c(Cl)c(C(=O)Nc2ccc(F)c(F)c2)n2c1CCC2. The van der Waals surface area contributed by atoms with Gasteiger partial charge in [0.25, 0.3) is 5.91 Å². The van der Waals surface area contributed by atoms with Crippen LogP contribution in [0.15, 0.2) is 23.1 Å². The van der Waals surface area contributed by atoms with E-state index in [2.05, 4.69) is 10.0 Å². The van der Waals surface area contributed by atoms with Gasteiger partial charge in [-0.3, -0.25) is 4.79 Å². The van der Waals surface area contributed by atoms with Gasteiger partial charge in [-0.15, -0.1) is 0 Å². The molecule has 152 valence electrons. The van der Waals surface area contributed by atoms with Crippen molar-refractivity contribution in [1.29, 1.82) is 0 Å². The Balaban J connectivity index is 2.01. The first-order valence-electron chi connectivity index (χ1n) is 8.46. The summed E-state index contributed by atoms with van der Waals surface area (Å²) in [5.74, 6) is -2.93. The van der Waals surface area contributed by atoms with Crippen LogP contribution in [-0.4, -0.2) is 36.6 Å². The Kier molecular flexibility index (Phi) is 5.76. The number of hydrogen-bond acceptors (Lipinski definition) is 4. The highest BCUT2D eigenvalue weighted by atomic mass is 35.5. The topological polar surface area (TPSA) is 100 Å². The maximum absolute atomic E-state index is 13.4. The Morgan fingerprint density at radius 3 is 2.71 bits per heavy atom. The minimum Gasteiger partial charge on any atom is -0.395 e. The average Bonchev–Trinajstić information content (AvgIpc) is 3.16. The molecule has 1 aliphatic heterocycles. The number of hydrogen-bond donors (Lipinski definition) is 3. The summed E-state index contributed by atoms with van der Waals surface area (Å²) in [6, 6.07) is 2.13. The summed E-state index contributed by atoms with van der Waals surface area (Å²) in [6.45, 7) is 1.47. The first-order valence-corrected chi connectivity index (χ1v) is 10.3. The number of benzene rings is 1. The number of amides is 1. The molecule has 7 nitrogen and oxygen atoms in total. The van der Waals surface area contributed by atoms with E-state index in [9.17, 15) is 22.0 Å². The second kappa shape index (κ2) is 7.78. The van der Waals surface area contributed by atoms with Crippen molar-refractivity contribution >= 4 is 33.2 Å². The molecule has 0 radical (unpaired) electrons. The second-order valence-corrected chi connectivity index (χ2v) is 8.51. The lowest BCUT2D eigenvalue weighted by molar-refractivity contribution is 0.101. The van der Waals surface area contributed by atoms with Crippen molar-refractivity contribution in [3.05, 3.63) is 46.2 Å². The van der Waals surface area contributed by atoms with Gasteiger partial charge in [0.2, 0.25) is 10.0 Å². The number of aliphatic hydroxyl groups is 1. The summed E-state index contributed by atoms with van der Waals surface area (Å²) >= 11 is 6.28. The molecule has 28 heavy (non-hydrogen) atoms. The third kappa shape index (κ3) is 3.77. The number of nitrogens with one attached hydrogen (secondary N) is 2. The fourth-order valence-electron chi connectivity index (χ4n) is 3.13. The monoisotopic (exact) mass is 433 g/mol. The second-order valence-electron chi connectivity index (χ2n) is 6.48. The third-order valence-corrected chi connectivity index (χ3v) is 6.52. The zero-order chi connectivity index (χ0) is 20.6. The van der Waals surface area contributed by atoms with Gasteiger partial charge < -0.3 is 15.0 Å². The van der Waals surface area contributed by atoms with Crippen molar-refractivity contribution in [2.75, 3.05) is 11.9 Å². The molecule has 11 heteroatoms. The van der Waals surface area contributed by atoms with Crippen LogP contribution in [-0.2, 0) is 23.0 Å². The van der Waals surface area contributed by atoms with Gasteiger partial charge in [-0.05, 0) is 31.9 Å². The fourth-order valence-corrected chi connectivity index (χ4v) is 5.31. The van der Waals surface area contributed by atoms with Crippen molar-refractivity contribution in [1.82, 2.24) is 9.29 Å². The van der Waals surface area contributed by atoms with Gasteiger partial charge in [0, 0.05) is 30.0 Å². The van der Waals surface area contributed by atoms with Gasteiger partial charge >= 0.3 is 0 Å². The van der Waals surface area contributed by atoms with E-state index in [1.807, 2.05) is 0 Å². The normalized spacial score (nSPS) is 14.8. The van der Waals surface area contributed by atoms with Crippen LogP contribution in [0, 0.1) is 11.6 Å². The Bertz CT molecular complexity index is 1040. The molecule has 1 unspecified atom stereocenters. The lowest BCUT2D eigenvalue weighted by Crippen LogP contribution is -2.35. The largest absolute Gasteiger partial charge is 0.395 e. The van der Waals surface area contributed by atoms with Crippen molar-refractivity contribution in [3.8, 4) is 0 Å². The number of fused-ring (bicyclic) bond motifs is 1. The first kappa shape index (κ1) is 20.7. The number of anilines is 1. The molecular weight excluding hydrogens is 416 g/mol. The van der Waals surface area contributed by atoms with Crippen LogP contribution in [0.1, 0.15) is 29.5 Å². The standard InChI is InChI=1S/C17H18ClF2N3O4S/c1-9(8-24)22-28(26,27)16-13-3-2-6-23(13)15(14(16)18)17(25)21-10-4-5-11(19)12(20)7-10/h4-5,7,9,22,24H,2-3,6,8H2,1H3,(H,21,25). The average molecular weight is 434 g/mol. The van der Waals surface area contributed by atoms with Gasteiger partial charge in [-0.1, -0.05) is 11.6 Å². The molecule has 0 spiro atoms. The van der Waals surface area contributed by atoms with Crippen LogP contribution in [0.3, 0.4) is 0 Å². The van der Waals surface area contributed by atoms with Crippen LogP contribution in [0.2, 0.25) is 5.02 Å². The van der Waals surface area contributed by atoms with E-state index < -0.39 is 40.2 Å². The fraction of sp³-hybridized carbons (Fsp3) is 0.353. The molecule has 2 aromatic rings. The number of carbonyl (C=O) groups excluding carboxylic acids is 1. The maximum atomic E-state index is 13.4. The molecule has 1 amide bonds. The lowest BCUT2D eigenvalue weighted by Gasteiger charge is -2.12. The van der Waals surface area contributed by atoms with Gasteiger partial charge in [0.05, 0.1) is 11.6 Å². The summed E-state index contributed by atoms with van der Waals surface area (Å²) in [4.78, 5) is 12.5. The summed E-state index contributed by atoms with van der Waals surface area (Å²) in [5.41, 5.74) is 0.318. The Morgan fingerprint density at radius 2 is 2.07 bits per heavy atom. The Labute approximate surface area is 165 Å². The lowest BCUT2D eigenvalue weighted by atomic mass is 10.2. The Hall–Kier alpha value is -2.01. The van der Waals surface area contributed by atoms with Crippen LogP contribution in [0.25, 0.3) is 0 Å². The van der Waals surface area contributed by atoms with E-state index in [1.165, 1.54) is 17.6 Å². The molecule has 0 saturated heterocycles. The number of rotatable bonds is 6. The summed E-state index contributed by atoms with van der Waals surface area (Å²) in [5, 5.41) is 11.3. The van der Waals surface area contributed by atoms with E-state index >= 15 is 0 Å². The van der Waals surface area contributed by atoms with Gasteiger partial charge in [-0.2, -0.15) is 0 Å². The highest BCUT2D eigenvalue weighted by Gasteiger charge is 2.35. The highest BCUT2D eigenvalue weighted by Crippen LogP contribution is 2.36. The molecule has 1 atom stereocenters. The minimum absolute atomic E-state index is 0.00458. The zero-order valence-electron chi connectivity index (χ0n) is 14.8. The smallest absolute Gasteiger partial charge is 0.273 e. The zero-order valence-corrected chi connectivity index (χ0v) is 16.4. The summed E-state index contributed by atoms with van der Waals surface area (Å²) in [7, 11) is -4.08. The van der Waals surface area contributed by atoms with Gasteiger partial charge in [-0.25, -0.2) is 21.9 Å². The Morgan fingerprint density at radius 1 is 1.36 bits per heavy atom. The summed E-state index contributed by atoms with van der Waals surface area (Å²) in [6.07, 6.45) is 1.03. The van der Waals surface area contributed by atoms with E-state index in [0.29, 0.717) is 25.1 Å². The minimum atomic E-state index is -4.08. The maximum Gasteiger partial charge on any atom is 0.273 e. The van der Waals surface area contributed by atoms with Crippen molar-refractivity contribution < 1.29 is 27.1 Å². The van der Waals surface area contributed by atoms with Crippen molar-refractivity contribution in [2.45, 2.75) is 37.2 Å². The van der Waals surface area contributed by atoms with Crippen LogP contribution in [0.4, 0.5) is 14.5 Å². The predicted molar refractivity (Wildman–Crippen MR) is 98.9 cm³/mol. The van der Waals surface area contributed by atoms with Crippen molar-refractivity contribution in [2.24, 2.45) is 0 Å². The number of sulfonamides is 1. The highest BCUT2D eigenvalue weighted by molar-refractivity contribution is 7.89. The molecule has 1 aliphatic rings. The molecule has 0 saturated carbocycles. The molecule has 0 aliphatic carbocycles. The summed E-state index contributed by atoms with van der Waals surface area (Å²) < 4.78 is 55.7. The first-order chi connectivity index (χ1) is 13.2. The van der Waals surface area contributed by atoms with Gasteiger partial charge in [0.1, 0.15) is 10.6 Å². The molecule has 2 heterocycles. The van der Waals surface area contributed by atoms with Crippen molar-refractivity contribution in [3.63, 3.8) is 0 Å². The van der Waals surface area contributed by atoms with Gasteiger partial charge in [0.15, 0.2) is 11.6 Å². The van der Waals surface area contributed by atoms with E-state index in [0.717, 1.165) is 12.1 Å². The molecule has 3 rings (SSSR count). The molecular formula is C17H18ClF2N3O4S. The van der Waals surface area contributed by atoms with E-state index in [4.69, 9.17) is 16.7 Å². The number of carbonyl (C=O) groups is 1. The van der Waals surface area contributed by atoms with Crippen LogP contribution < -0.4 is 10.0 Å². The van der Waals surface area contributed by atoms with E-state index in [1.54, 1.807) is 0 Å². The van der Waals surface area contributed by atoms with Crippen LogP contribution >= 0.6 is 11.6 Å². The molecule has 1 aromatic heterocycles. The molecule has 3 N–H and O–H groups in total. The van der Waals surface area contributed by atoms with Crippen LogP contribution in [0.5, 0.6) is 0 Å². The number of aliphatic hydroxyl groups excluding tert-OH is 1. The van der Waals surface area contributed by atoms with E-state index in [-0.39, 0.29) is 21.3 Å². The predicted octanol–water partition coefficient (Wildman–Crippen LogP) is 2.28. The third-order valence-electron chi connectivity index (χ3n) is 4.35. The number of aromatic nitrogens is 1. The number of halogens is 3. The quantitative estimate of drug-likeness (QED) is 0.650. The molecule has 0 fully saturated rings. The number of nitrogens with zero attached hydrogens (tertiary/aromatic N) is 1. The molecule has 1 aromatic carbocycles. The molecule has 0 bridgehead atoms.